The molecule has 0 N–H and O–H groups in total. The molecule has 12 rings (SSSR count). The number of benzene rings is 8. The first-order chi connectivity index (χ1) is 22.4. The number of fused-ring (bicyclic) bond motifs is 17. The third kappa shape index (κ3) is 2.52. The minimum absolute atomic E-state index is 0.173. The predicted molar refractivity (Wildman–Crippen MR) is 194 cm³/mol. The van der Waals surface area contributed by atoms with Crippen molar-refractivity contribution < 1.29 is 0 Å². The average molecular weight is 563 g/mol. The highest BCUT2D eigenvalue weighted by molar-refractivity contribution is 7.06. The lowest BCUT2D eigenvalue weighted by molar-refractivity contribution is 1.31. The molecule has 45 heavy (non-hydrogen) atoms. The lowest BCUT2D eigenvalue weighted by atomic mass is 9.32. The molecule has 0 spiro atoms. The Balaban J connectivity index is 1.25. The van der Waals surface area contributed by atoms with Crippen LogP contribution in [0.3, 0.4) is 0 Å². The Hall–Kier alpha value is -5.53. The largest absolute Gasteiger partial charge is 0.312 e. The van der Waals surface area contributed by atoms with E-state index in [1.165, 1.54) is 104 Å². The number of nitrogens with zero attached hydrogens (tertiary/aromatic N) is 1. The Morgan fingerprint density at radius 3 is 1.58 bits per heavy atom. The normalized spacial score (nSPS) is 14.1. The van der Waals surface area contributed by atoms with Crippen molar-refractivity contribution in [2.45, 2.75) is 0 Å². The van der Waals surface area contributed by atoms with Crippen molar-refractivity contribution in [2.75, 3.05) is 4.90 Å². The molecular formula is C42H23B2N. The van der Waals surface area contributed by atoms with Crippen molar-refractivity contribution in [1.29, 1.82) is 0 Å². The monoisotopic (exact) mass is 563 g/mol. The van der Waals surface area contributed by atoms with Crippen molar-refractivity contribution >= 4 is 95.6 Å². The average Bonchev–Trinajstić information content (AvgIpc) is 3.63. The highest BCUT2D eigenvalue weighted by Crippen LogP contribution is 2.45. The summed E-state index contributed by atoms with van der Waals surface area (Å²) in [4.78, 5) is 2.61. The molecular weight excluding hydrogens is 540 g/mol. The smallest absolute Gasteiger partial charge is 0.249 e. The number of rotatable bonds is 0. The highest BCUT2D eigenvalue weighted by Gasteiger charge is 2.49. The number of para-hydroxylation sites is 1. The summed E-state index contributed by atoms with van der Waals surface area (Å²) in [6, 6.07) is 53.0. The Labute approximate surface area is 261 Å². The summed E-state index contributed by atoms with van der Waals surface area (Å²) in [6.45, 7) is 0.425. The van der Waals surface area contributed by atoms with Crippen LogP contribution in [0, 0.1) is 0 Å². The molecule has 0 aromatic heterocycles. The van der Waals surface area contributed by atoms with Gasteiger partial charge in [-0.25, -0.2) is 0 Å². The number of anilines is 3. The van der Waals surface area contributed by atoms with Crippen LogP contribution in [0.5, 0.6) is 0 Å². The van der Waals surface area contributed by atoms with E-state index in [9.17, 15) is 0 Å². The van der Waals surface area contributed by atoms with E-state index in [0.29, 0.717) is 0 Å². The maximum absolute atomic E-state index is 2.61. The van der Waals surface area contributed by atoms with E-state index in [1.807, 2.05) is 0 Å². The third-order valence-electron chi connectivity index (χ3n) is 11.3. The van der Waals surface area contributed by atoms with Crippen molar-refractivity contribution in [3.05, 3.63) is 140 Å². The molecule has 8 aromatic carbocycles. The minimum atomic E-state index is 0.173. The van der Waals surface area contributed by atoms with E-state index in [-0.39, 0.29) is 13.4 Å². The second-order valence-corrected chi connectivity index (χ2v) is 13.1. The van der Waals surface area contributed by atoms with Gasteiger partial charge in [0.15, 0.2) is 0 Å². The van der Waals surface area contributed by atoms with Crippen LogP contribution in [0.2, 0.25) is 0 Å². The van der Waals surface area contributed by atoms with E-state index in [4.69, 9.17) is 0 Å². The maximum atomic E-state index is 2.61. The lowest BCUT2D eigenvalue weighted by Crippen LogP contribution is -2.63. The third-order valence-corrected chi connectivity index (χ3v) is 11.3. The standard InChI is InChI=1S/C42H23B2N/c1-2-12-26-24(10-1)25-11-3-4-14-28(25)38-29(26)22-23-32-31-16-8-21-37-40(31)44(41(32)38)35-19-9-18-34-42(35)45(37)36-20-7-15-30-27-13-5-6-17-33(27)43(34)39(30)36/h1-23H. The van der Waals surface area contributed by atoms with Gasteiger partial charge in [0.25, 0.3) is 0 Å². The van der Waals surface area contributed by atoms with Gasteiger partial charge in [-0.2, -0.15) is 0 Å². The number of hydrogen-bond donors (Lipinski definition) is 0. The van der Waals surface area contributed by atoms with E-state index in [2.05, 4.69) is 144 Å². The molecule has 0 fully saturated rings. The van der Waals surface area contributed by atoms with Crippen LogP contribution in [0.1, 0.15) is 0 Å². The van der Waals surface area contributed by atoms with Crippen LogP contribution in [-0.2, 0) is 0 Å². The fourth-order valence-corrected chi connectivity index (χ4v) is 9.73. The Morgan fingerprint density at radius 1 is 0.333 bits per heavy atom. The fourth-order valence-electron chi connectivity index (χ4n) is 9.73. The molecule has 0 saturated heterocycles. The van der Waals surface area contributed by atoms with Gasteiger partial charge in [0.1, 0.15) is 0 Å². The molecule has 4 heterocycles. The van der Waals surface area contributed by atoms with Crippen LogP contribution >= 0.6 is 0 Å². The van der Waals surface area contributed by atoms with Gasteiger partial charge in [0.2, 0.25) is 13.4 Å². The highest BCUT2D eigenvalue weighted by atomic mass is 15.2. The molecule has 0 unspecified atom stereocenters. The van der Waals surface area contributed by atoms with Crippen LogP contribution in [-0.4, -0.2) is 13.4 Å². The van der Waals surface area contributed by atoms with E-state index in [0.717, 1.165) is 0 Å². The fraction of sp³-hybridized carbons (Fsp3) is 0. The molecule has 0 amide bonds. The molecule has 8 aromatic rings. The summed E-state index contributed by atoms with van der Waals surface area (Å²) in [5.41, 5.74) is 18.2. The van der Waals surface area contributed by atoms with Gasteiger partial charge in [-0.3, -0.25) is 0 Å². The predicted octanol–water partition coefficient (Wildman–Crippen LogP) is 6.24. The van der Waals surface area contributed by atoms with Gasteiger partial charge in [-0.05, 0) is 88.6 Å². The van der Waals surface area contributed by atoms with Gasteiger partial charge in [0, 0.05) is 17.1 Å². The lowest BCUT2D eigenvalue weighted by Gasteiger charge is -2.42. The maximum Gasteiger partial charge on any atom is 0.249 e. The molecule has 0 saturated carbocycles. The van der Waals surface area contributed by atoms with Gasteiger partial charge in [0.05, 0.1) is 0 Å². The van der Waals surface area contributed by atoms with Crippen molar-refractivity contribution in [2.24, 2.45) is 0 Å². The summed E-state index contributed by atoms with van der Waals surface area (Å²) in [7, 11) is 0. The van der Waals surface area contributed by atoms with Gasteiger partial charge >= 0.3 is 0 Å². The van der Waals surface area contributed by atoms with Gasteiger partial charge in [-0.15, -0.1) is 0 Å². The number of hydrogen-bond acceptors (Lipinski definition) is 1. The minimum Gasteiger partial charge on any atom is -0.312 e. The van der Waals surface area contributed by atoms with Crippen LogP contribution < -0.4 is 37.7 Å². The zero-order valence-electron chi connectivity index (χ0n) is 24.4. The van der Waals surface area contributed by atoms with Gasteiger partial charge in [-0.1, -0.05) is 138 Å². The van der Waals surface area contributed by atoms with Crippen LogP contribution in [0.4, 0.5) is 17.1 Å². The molecule has 0 bridgehead atoms. The van der Waals surface area contributed by atoms with E-state index < -0.39 is 0 Å². The second-order valence-electron chi connectivity index (χ2n) is 13.1. The second kappa shape index (κ2) is 7.75. The van der Waals surface area contributed by atoms with E-state index in [1.54, 1.807) is 0 Å². The van der Waals surface area contributed by atoms with Crippen molar-refractivity contribution in [3.63, 3.8) is 0 Å². The molecule has 0 aliphatic carbocycles. The SMILES string of the molecule is c1ccc2c(c1)B1c3cccc4c3N(c3cccc-2c31)c1cccc2c1B4c1c-2ccc2c3ccccc3c3ccccc3c12. The molecule has 0 atom stereocenters. The Morgan fingerprint density at radius 2 is 0.822 bits per heavy atom. The van der Waals surface area contributed by atoms with Crippen LogP contribution in [0.15, 0.2) is 140 Å². The molecule has 202 valence electrons. The summed E-state index contributed by atoms with van der Waals surface area (Å²) in [6.07, 6.45) is 0. The van der Waals surface area contributed by atoms with Gasteiger partial charge < -0.3 is 4.90 Å². The zero-order chi connectivity index (χ0) is 29.0. The Kier molecular flexibility index (Phi) is 3.95. The van der Waals surface area contributed by atoms with Crippen molar-refractivity contribution in [3.8, 4) is 22.3 Å². The molecule has 4 aliphatic rings. The summed E-state index contributed by atoms with van der Waals surface area (Å²) in [5.74, 6) is 0. The topological polar surface area (TPSA) is 3.24 Å². The molecule has 3 heteroatoms. The van der Waals surface area contributed by atoms with Crippen LogP contribution in [0.25, 0.3) is 54.6 Å². The quantitative estimate of drug-likeness (QED) is 0.156. The molecule has 0 radical (unpaired) electrons. The molecule has 4 aliphatic heterocycles. The van der Waals surface area contributed by atoms with Crippen molar-refractivity contribution in [1.82, 2.24) is 0 Å². The first-order valence-electron chi connectivity index (χ1n) is 16.0. The summed E-state index contributed by atoms with van der Waals surface area (Å²) >= 11 is 0. The first-order valence-corrected chi connectivity index (χ1v) is 16.0. The molecule has 1 nitrogen and oxygen atoms in total. The first kappa shape index (κ1) is 22.9. The summed E-state index contributed by atoms with van der Waals surface area (Å²) < 4.78 is 0. The Bertz CT molecular complexity index is 2650. The zero-order valence-corrected chi connectivity index (χ0v) is 24.4. The summed E-state index contributed by atoms with van der Waals surface area (Å²) in [5, 5.41) is 8.11. The van der Waals surface area contributed by atoms with E-state index >= 15 is 0 Å².